The summed E-state index contributed by atoms with van der Waals surface area (Å²) in [5.74, 6) is 1.56. The Morgan fingerprint density at radius 3 is 2.66 bits per heavy atom. The summed E-state index contributed by atoms with van der Waals surface area (Å²) >= 11 is 5.94. The Hall–Kier alpha value is -4.17. The fourth-order valence-electron chi connectivity index (χ4n) is 3.86. The molecule has 3 aromatic carbocycles. The van der Waals surface area contributed by atoms with Crippen LogP contribution < -0.4 is 14.9 Å². The molecule has 0 saturated heterocycles. The van der Waals surface area contributed by atoms with Crippen molar-refractivity contribution in [1.29, 1.82) is 0 Å². The molecule has 0 aliphatic rings. The molecule has 0 fully saturated rings. The topological polar surface area (TPSA) is 86.5 Å². The molecule has 0 aliphatic carbocycles. The molecule has 0 saturated carbocycles. The summed E-state index contributed by atoms with van der Waals surface area (Å²) in [4.78, 5) is 4.63. The molecule has 1 N–H and O–H groups in total. The van der Waals surface area contributed by atoms with Crippen LogP contribution in [0.2, 0.25) is 5.02 Å². The zero-order valence-electron chi connectivity index (χ0n) is 19.3. The van der Waals surface area contributed by atoms with Gasteiger partial charge in [-0.25, -0.2) is 5.43 Å². The molecule has 0 spiro atoms. The monoisotopic (exact) mass is 486 g/mol. The highest BCUT2D eigenvalue weighted by atomic mass is 35.5. The van der Waals surface area contributed by atoms with E-state index in [4.69, 9.17) is 21.1 Å². The highest BCUT2D eigenvalue weighted by molar-refractivity contribution is 6.30. The number of methoxy groups -OCH3 is 1. The van der Waals surface area contributed by atoms with Gasteiger partial charge in [0.25, 0.3) is 5.95 Å². The van der Waals surface area contributed by atoms with Crippen LogP contribution in [0.4, 0.5) is 5.95 Å². The molecular weight excluding hydrogens is 464 g/mol. The molecule has 35 heavy (non-hydrogen) atoms. The second-order valence-electron chi connectivity index (χ2n) is 7.76. The van der Waals surface area contributed by atoms with Gasteiger partial charge in [-0.3, -0.25) is 0 Å². The van der Waals surface area contributed by atoms with E-state index in [0.29, 0.717) is 29.1 Å². The van der Waals surface area contributed by atoms with E-state index in [9.17, 15) is 0 Å². The first-order valence-corrected chi connectivity index (χ1v) is 11.5. The van der Waals surface area contributed by atoms with Crippen molar-refractivity contribution in [2.45, 2.75) is 20.1 Å². The van der Waals surface area contributed by atoms with E-state index in [1.54, 1.807) is 13.3 Å². The molecule has 0 amide bonds. The standard InChI is InChI=1S/C26H23ClN6O2/c1-3-33-21-7-5-4-6-20(21)24-25(33)29-26(32-30-24)31-28-15-18-10-13-22(23(14-18)34-2)35-16-17-8-11-19(27)12-9-17/h4-15H,3,16H2,1-2H3,(H,29,31,32)/b28-15+. The lowest BCUT2D eigenvalue weighted by Gasteiger charge is -2.11. The number of hydrazone groups is 1. The lowest BCUT2D eigenvalue weighted by Crippen LogP contribution is -2.02. The Morgan fingerprint density at radius 2 is 1.86 bits per heavy atom. The summed E-state index contributed by atoms with van der Waals surface area (Å²) in [5, 5.41) is 14.6. The molecule has 0 aliphatic heterocycles. The molecule has 9 heteroatoms. The van der Waals surface area contributed by atoms with E-state index in [-0.39, 0.29) is 0 Å². The normalized spacial score (nSPS) is 11.4. The highest BCUT2D eigenvalue weighted by Crippen LogP contribution is 2.29. The summed E-state index contributed by atoms with van der Waals surface area (Å²) in [5.41, 5.74) is 7.33. The largest absolute Gasteiger partial charge is 0.493 e. The van der Waals surface area contributed by atoms with E-state index in [2.05, 4.69) is 43.3 Å². The van der Waals surface area contributed by atoms with Crippen LogP contribution in [0, 0.1) is 0 Å². The molecule has 0 bridgehead atoms. The Balaban J connectivity index is 1.30. The molecule has 0 radical (unpaired) electrons. The number of ether oxygens (including phenoxy) is 2. The Bertz CT molecular complexity index is 1510. The van der Waals surface area contributed by atoms with Crippen molar-refractivity contribution >= 4 is 45.8 Å². The molecule has 8 nitrogen and oxygen atoms in total. The first-order chi connectivity index (χ1) is 17.2. The number of nitrogens with zero attached hydrogens (tertiary/aromatic N) is 5. The van der Waals surface area contributed by atoms with Crippen LogP contribution in [0.25, 0.3) is 22.1 Å². The van der Waals surface area contributed by atoms with Gasteiger partial charge in [-0.2, -0.15) is 10.1 Å². The predicted octanol–water partition coefficient (Wildman–Crippen LogP) is 5.69. The number of aryl methyl sites for hydroxylation is 1. The Labute approximate surface area is 207 Å². The second kappa shape index (κ2) is 9.99. The number of fused-ring (bicyclic) bond motifs is 3. The van der Waals surface area contributed by atoms with Crippen LogP contribution in [0.15, 0.2) is 71.8 Å². The summed E-state index contributed by atoms with van der Waals surface area (Å²) in [7, 11) is 1.60. The zero-order valence-corrected chi connectivity index (χ0v) is 20.0. The Kier molecular flexibility index (Phi) is 6.45. The van der Waals surface area contributed by atoms with Gasteiger partial charge in [-0.15, -0.1) is 10.2 Å². The number of rotatable bonds is 8. The number of aromatic nitrogens is 4. The summed E-state index contributed by atoms with van der Waals surface area (Å²) in [6, 6.07) is 21.2. The maximum atomic E-state index is 5.94. The van der Waals surface area contributed by atoms with Crippen LogP contribution >= 0.6 is 11.6 Å². The van der Waals surface area contributed by atoms with Crippen LogP contribution in [0.1, 0.15) is 18.1 Å². The molecule has 2 aromatic heterocycles. The van der Waals surface area contributed by atoms with Crippen molar-refractivity contribution in [2.24, 2.45) is 5.10 Å². The number of hydrogen-bond donors (Lipinski definition) is 1. The molecule has 2 heterocycles. The second-order valence-corrected chi connectivity index (χ2v) is 8.20. The highest BCUT2D eigenvalue weighted by Gasteiger charge is 2.13. The van der Waals surface area contributed by atoms with Gasteiger partial charge in [0, 0.05) is 17.0 Å². The van der Waals surface area contributed by atoms with Crippen molar-refractivity contribution in [2.75, 3.05) is 12.5 Å². The van der Waals surface area contributed by atoms with Gasteiger partial charge in [-0.05, 0) is 54.4 Å². The summed E-state index contributed by atoms with van der Waals surface area (Å²) < 4.78 is 13.5. The molecule has 5 rings (SSSR count). The van der Waals surface area contributed by atoms with E-state index < -0.39 is 0 Å². The van der Waals surface area contributed by atoms with Gasteiger partial charge < -0.3 is 14.0 Å². The van der Waals surface area contributed by atoms with E-state index >= 15 is 0 Å². The first kappa shape index (κ1) is 22.6. The number of halogens is 1. The summed E-state index contributed by atoms with van der Waals surface area (Å²) in [6.07, 6.45) is 1.66. The van der Waals surface area contributed by atoms with Gasteiger partial charge in [0.05, 0.1) is 18.8 Å². The van der Waals surface area contributed by atoms with E-state index in [1.807, 2.05) is 60.7 Å². The van der Waals surface area contributed by atoms with Gasteiger partial charge in [0.1, 0.15) is 12.1 Å². The molecule has 5 aromatic rings. The smallest absolute Gasteiger partial charge is 0.265 e. The van der Waals surface area contributed by atoms with E-state index in [0.717, 1.165) is 39.7 Å². The third kappa shape index (κ3) is 4.74. The third-order valence-electron chi connectivity index (χ3n) is 5.56. The first-order valence-electron chi connectivity index (χ1n) is 11.1. The minimum absolute atomic E-state index is 0.320. The molecule has 0 atom stereocenters. The average Bonchev–Trinajstić information content (AvgIpc) is 3.21. The van der Waals surface area contributed by atoms with Crippen LogP contribution in [0.3, 0.4) is 0 Å². The molecule has 0 unspecified atom stereocenters. The van der Waals surface area contributed by atoms with Gasteiger partial charge in [-0.1, -0.05) is 41.9 Å². The maximum absolute atomic E-state index is 5.94. The maximum Gasteiger partial charge on any atom is 0.265 e. The lowest BCUT2D eigenvalue weighted by atomic mass is 10.2. The number of para-hydroxylation sites is 1. The lowest BCUT2D eigenvalue weighted by molar-refractivity contribution is 0.284. The summed E-state index contributed by atoms with van der Waals surface area (Å²) in [6.45, 7) is 3.26. The number of hydrogen-bond acceptors (Lipinski definition) is 7. The Morgan fingerprint density at radius 1 is 1.03 bits per heavy atom. The van der Waals surface area contributed by atoms with Crippen LogP contribution in [-0.4, -0.2) is 33.1 Å². The number of anilines is 1. The SMILES string of the molecule is CCn1c2ccccc2c2nnc(N/N=C/c3ccc(OCc4ccc(Cl)cc4)c(OC)c3)nc21. The quantitative estimate of drug-likeness (QED) is 0.224. The predicted molar refractivity (Wildman–Crippen MR) is 138 cm³/mol. The van der Waals surface area contributed by atoms with Gasteiger partial charge in [0.15, 0.2) is 17.1 Å². The minimum Gasteiger partial charge on any atom is -0.493 e. The third-order valence-corrected chi connectivity index (χ3v) is 5.82. The number of nitrogens with one attached hydrogen (secondary N) is 1. The van der Waals surface area contributed by atoms with E-state index in [1.165, 1.54) is 0 Å². The van der Waals surface area contributed by atoms with Crippen molar-refractivity contribution in [3.05, 3.63) is 82.9 Å². The molecule has 176 valence electrons. The fraction of sp³-hybridized carbons (Fsp3) is 0.154. The fourth-order valence-corrected chi connectivity index (χ4v) is 3.99. The van der Waals surface area contributed by atoms with Crippen molar-refractivity contribution in [1.82, 2.24) is 19.7 Å². The van der Waals surface area contributed by atoms with Crippen molar-refractivity contribution in [3.63, 3.8) is 0 Å². The average molecular weight is 487 g/mol. The zero-order chi connectivity index (χ0) is 24.2. The van der Waals surface area contributed by atoms with Crippen molar-refractivity contribution < 1.29 is 9.47 Å². The van der Waals surface area contributed by atoms with Crippen LogP contribution in [-0.2, 0) is 13.2 Å². The van der Waals surface area contributed by atoms with Crippen LogP contribution in [0.5, 0.6) is 11.5 Å². The van der Waals surface area contributed by atoms with Gasteiger partial charge >= 0.3 is 0 Å². The van der Waals surface area contributed by atoms with Gasteiger partial charge in [0.2, 0.25) is 0 Å². The van der Waals surface area contributed by atoms with Crippen molar-refractivity contribution in [3.8, 4) is 11.5 Å². The minimum atomic E-state index is 0.320. The number of benzene rings is 3. The molecular formula is C26H23ClN6O2.